The van der Waals surface area contributed by atoms with Crippen molar-refractivity contribution < 1.29 is 9.21 Å². The third-order valence-electron chi connectivity index (χ3n) is 5.91. The van der Waals surface area contributed by atoms with Gasteiger partial charge in [0.1, 0.15) is 6.26 Å². The van der Waals surface area contributed by atoms with Gasteiger partial charge in [0.2, 0.25) is 5.95 Å². The lowest BCUT2D eigenvalue weighted by Gasteiger charge is -2.40. The molecular formula is C23H20N6O2S. The largest absolute Gasteiger partial charge is 0.472 e. The van der Waals surface area contributed by atoms with Gasteiger partial charge in [0.25, 0.3) is 5.91 Å². The highest BCUT2D eigenvalue weighted by Crippen LogP contribution is 2.31. The van der Waals surface area contributed by atoms with Crippen LogP contribution in [-0.2, 0) is 0 Å². The second-order valence-electron chi connectivity index (χ2n) is 7.89. The highest BCUT2D eigenvalue weighted by molar-refractivity contribution is 7.13. The summed E-state index contributed by atoms with van der Waals surface area (Å²) in [5, 5.41) is 12.1. The van der Waals surface area contributed by atoms with E-state index in [9.17, 15) is 4.79 Å². The normalized spacial score (nSPS) is 16.8. The van der Waals surface area contributed by atoms with Crippen molar-refractivity contribution in [3.63, 3.8) is 0 Å². The number of hydrogen-bond donors (Lipinski definition) is 0. The number of furan rings is 1. The molecule has 4 aromatic heterocycles. The Kier molecular flexibility index (Phi) is 4.43. The van der Waals surface area contributed by atoms with E-state index in [1.54, 1.807) is 17.4 Å². The Morgan fingerprint density at radius 2 is 2.03 bits per heavy atom. The van der Waals surface area contributed by atoms with Crippen LogP contribution in [-0.4, -0.2) is 56.1 Å². The topological polar surface area (TPSA) is 79.8 Å². The molecule has 160 valence electrons. The van der Waals surface area contributed by atoms with Crippen LogP contribution >= 0.6 is 11.3 Å². The fraction of sp³-hybridized carbons (Fsp3) is 0.217. The zero-order valence-electron chi connectivity index (χ0n) is 17.4. The Hall–Kier alpha value is -3.72. The number of para-hydroxylation sites is 1. The van der Waals surface area contributed by atoms with Gasteiger partial charge in [-0.1, -0.05) is 18.2 Å². The molecule has 1 fully saturated rings. The molecule has 0 bridgehead atoms. The van der Waals surface area contributed by atoms with E-state index in [0.717, 1.165) is 33.2 Å². The molecule has 0 radical (unpaired) electrons. The number of carbonyl (C=O) groups is 1. The summed E-state index contributed by atoms with van der Waals surface area (Å²) in [5.74, 6) is 1.58. The molecule has 6 rings (SSSR count). The van der Waals surface area contributed by atoms with Crippen molar-refractivity contribution in [2.24, 2.45) is 0 Å². The molecule has 32 heavy (non-hydrogen) atoms. The minimum absolute atomic E-state index is 0.00825. The fourth-order valence-corrected chi connectivity index (χ4v) is 5.03. The predicted octanol–water partition coefficient (Wildman–Crippen LogP) is 3.95. The van der Waals surface area contributed by atoms with E-state index in [2.05, 4.69) is 26.4 Å². The molecule has 5 aromatic rings. The quantitative estimate of drug-likeness (QED) is 0.419. The molecule has 1 atom stereocenters. The highest BCUT2D eigenvalue weighted by Gasteiger charge is 2.31. The first-order chi connectivity index (χ1) is 15.7. The Morgan fingerprint density at radius 3 is 2.81 bits per heavy atom. The van der Waals surface area contributed by atoms with Gasteiger partial charge < -0.3 is 14.2 Å². The minimum Gasteiger partial charge on any atom is -0.472 e. The lowest BCUT2D eigenvalue weighted by molar-refractivity contribution is 0.0672. The molecule has 0 saturated carbocycles. The van der Waals surface area contributed by atoms with E-state index in [-0.39, 0.29) is 11.9 Å². The van der Waals surface area contributed by atoms with E-state index >= 15 is 0 Å². The van der Waals surface area contributed by atoms with Gasteiger partial charge in [-0.15, -0.1) is 21.5 Å². The number of thiophene rings is 1. The summed E-state index contributed by atoms with van der Waals surface area (Å²) < 4.78 is 7.15. The van der Waals surface area contributed by atoms with Crippen molar-refractivity contribution in [2.45, 2.75) is 13.0 Å². The van der Waals surface area contributed by atoms with Gasteiger partial charge in [-0.2, -0.15) is 0 Å². The van der Waals surface area contributed by atoms with Gasteiger partial charge in [-0.25, -0.2) is 9.38 Å². The van der Waals surface area contributed by atoms with Crippen LogP contribution in [0.2, 0.25) is 0 Å². The number of aromatic nitrogens is 4. The molecule has 1 saturated heterocycles. The van der Waals surface area contributed by atoms with Crippen LogP contribution in [0, 0.1) is 0 Å². The summed E-state index contributed by atoms with van der Waals surface area (Å²) in [4.78, 5) is 23.1. The summed E-state index contributed by atoms with van der Waals surface area (Å²) in [6.45, 7) is 3.98. The number of rotatable bonds is 3. The van der Waals surface area contributed by atoms with E-state index < -0.39 is 0 Å². The summed E-state index contributed by atoms with van der Waals surface area (Å²) in [6, 6.07) is 13.8. The average molecular weight is 445 g/mol. The maximum atomic E-state index is 12.9. The van der Waals surface area contributed by atoms with Gasteiger partial charge in [0.05, 0.1) is 22.2 Å². The molecule has 1 aromatic carbocycles. The first-order valence-electron chi connectivity index (χ1n) is 10.5. The highest BCUT2D eigenvalue weighted by atomic mass is 32.1. The first kappa shape index (κ1) is 19.0. The molecule has 5 heterocycles. The molecule has 1 aliphatic heterocycles. The van der Waals surface area contributed by atoms with Crippen molar-refractivity contribution >= 4 is 39.7 Å². The Balaban J connectivity index is 1.43. The number of fused-ring (bicyclic) bond motifs is 3. The number of benzene rings is 1. The number of carbonyl (C=O) groups excluding carboxylic acids is 1. The van der Waals surface area contributed by atoms with Gasteiger partial charge in [0, 0.05) is 31.1 Å². The molecule has 8 nitrogen and oxygen atoms in total. The zero-order chi connectivity index (χ0) is 21.7. The third kappa shape index (κ3) is 2.96. The van der Waals surface area contributed by atoms with Gasteiger partial charge in [-0.05, 0) is 36.6 Å². The third-order valence-corrected chi connectivity index (χ3v) is 6.78. The minimum atomic E-state index is -0.00825. The first-order valence-corrected chi connectivity index (χ1v) is 11.3. The molecule has 0 aliphatic carbocycles. The SMILES string of the molecule is CC1CN(c2nc3ccccc3c3nnc(-c4cccs4)n23)CCN1C(=O)c1ccoc1. The van der Waals surface area contributed by atoms with Crippen LogP contribution in [0.4, 0.5) is 5.95 Å². The summed E-state index contributed by atoms with van der Waals surface area (Å²) in [5.41, 5.74) is 2.25. The van der Waals surface area contributed by atoms with Gasteiger partial charge in [-0.3, -0.25) is 4.79 Å². The number of amides is 1. The molecule has 1 amide bonds. The van der Waals surface area contributed by atoms with Crippen LogP contribution in [0.5, 0.6) is 0 Å². The standard InChI is InChI=1S/C23H20N6O2S/c1-15-13-27(9-10-28(15)22(30)16-8-11-31-14-16)23-24-18-6-3-2-5-17(18)20-25-26-21(29(20)23)19-7-4-12-32-19/h2-8,11-12,14-15H,9-10,13H2,1H3. The molecule has 9 heteroatoms. The molecule has 0 N–H and O–H groups in total. The van der Waals surface area contributed by atoms with Crippen molar-refractivity contribution in [1.82, 2.24) is 24.5 Å². The molecule has 1 aliphatic rings. The van der Waals surface area contributed by atoms with Gasteiger partial charge >= 0.3 is 0 Å². The lowest BCUT2D eigenvalue weighted by atomic mass is 10.1. The summed E-state index contributed by atoms with van der Waals surface area (Å²) >= 11 is 1.63. The zero-order valence-corrected chi connectivity index (χ0v) is 18.2. The Morgan fingerprint density at radius 1 is 1.12 bits per heavy atom. The second kappa shape index (κ2) is 7.45. The molecular weight excluding hydrogens is 424 g/mol. The van der Waals surface area contributed by atoms with Crippen molar-refractivity contribution in [3.05, 3.63) is 65.9 Å². The molecule has 1 unspecified atom stereocenters. The van der Waals surface area contributed by atoms with Gasteiger partial charge in [0.15, 0.2) is 11.5 Å². The second-order valence-corrected chi connectivity index (χ2v) is 8.84. The average Bonchev–Trinajstić information content (AvgIpc) is 3.59. The molecule has 0 spiro atoms. The number of anilines is 1. The van der Waals surface area contributed by atoms with Crippen LogP contribution in [0.25, 0.3) is 27.3 Å². The summed E-state index contributed by atoms with van der Waals surface area (Å²) in [7, 11) is 0. The van der Waals surface area contributed by atoms with Crippen LogP contribution in [0.15, 0.2) is 64.8 Å². The maximum absolute atomic E-state index is 12.9. The number of piperazine rings is 1. The van der Waals surface area contributed by atoms with E-state index in [1.165, 1.54) is 12.5 Å². The lowest BCUT2D eigenvalue weighted by Crippen LogP contribution is -2.54. The van der Waals surface area contributed by atoms with E-state index in [1.807, 2.05) is 46.7 Å². The van der Waals surface area contributed by atoms with Crippen molar-refractivity contribution in [2.75, 3.05) is 24.5 Å². The monoisotopic (exact) mass is 444 g/mol. The van der Waals surface area contributed by atoms with Crippen LogP contribution in [0.1, 0.15) is 17.3 Å². The number of nitrogens with zero attached hydrogens (tertiary/aromatic N) is 6. The van der Waals surface area contributed by atoms with E-state index in [0.29, 0.717) is 25.2 Å². The Bertz CT molecular complexity index is 1410. The summed E-state index contributed by atoms with van der Waals surface area (Å²) in [6.07, 6.45) is 3.03. The maximum Gasteiger partial charge on any atom is 0.257 e. The Labute approximate surface area is 187 Å². The van der Waals surface area contributed by atoms with Crippen LogP contribution < -0.4 is 4.90 Å². The van der Waals surface area contributed by atoms with Crippen LogP contribution in [0.3, 0.4) is 0 Å². The van der Waals surface area contributed by atoms with Crippen molar-refractivity contribution in [1.29, 1.82) is 0 Å². The fourth-order valence-electron chi connectivity index (χ4n) is 4.34. The van der Waals surface area contributed by atoms with Crippen molar-refractivity contribution in [3.8, 4) is 10.7 Å². The predicted molar refractivity (Wildman–Crippen MR) is 123 cm³/mol. The number of hydrogen-bond acceptors (Lipinski definition) is 7. The van der Waals surface area contributed by atoms with E-state index in [4.69, 9.17) is 9.40 Å². The smallest absolute Gasteiger partial charge is 0.257 e.